The summed E-state index contributed by atoms with van der Waals surface area (Å²) in [6.07, 6.45) is 6.06. The third kappa shape index (κ3) is 7.14. The van der Waals surface area contributed by atoms with E-state index in [0.29, 0.717) is 54.8 Å². The van der Waals surface area contributed by atoms with Gasteiger partial charge in [0.25, 0.3) is 5.91 Å². The average molecular weight is 541 g/mol. The molecule has 3 aromatic rings. The Balaban J connectivity index is 1.55. The van der Waals surface area contributed by atoms with Crippen molar-refractivity contribution in [3.05, 3.63) is 42.4 Å². The van der Waals surface area contributed by atoms with Gasteiger partial charge >= 0.3 is 0 Å². The predicted octanol–water partition coefficient (Wildman–Crippen LogP) is 3.01. The normalized spacial score (nSPS) is 14.2. The van der Waals surface area contributed by atoms with Crippen LogP contribution in [0.15, 0.2) is 41.0 Å². The summed E-state index contributed by atoms with van der Waals surface area (Å²) in [4.78, 5) is 29.9. The topological polar surface area (TPSA) is 134 Å². The first-order valence-corrected chi connectivity index (χ1v) is 13.2. The van der Waals surface area contributed by atoms with Crippen LogP contribution in [0.4, 0.5) is 0 Å². The summed E-state index contributed by atoms with van der Waals surface area (Å²) < 4.78 is 21.8. The lowest BCUT2D eigenvalue weighted by atomic mass is 10.1. The lowest BCUT2D eigenvalue weighted by Crippen LogP contribution is -2.47. The number of nitrogens with one attached hydrogen (secondary N) is 1. The smallest absolute Gasteiger partial charge is 0.250 e. The monoisotopic (exact) mass is 540 g/mol. The molecular formula is C27H36N6O6. The first-order chi connectivity index (χ1) is 19.0. The number of ether oxygens (including phenoxy) is 3. The molecule has 1 fully saturated rings. The molecule has 4 rings (SSSR count). The molecule has 1 aliphatic rings. The summed E-state index contributed by atoms with van der Waals surface area (Å²) in [5.41, 5.74) is 0.657. The summed E-state index contributed by atoms with van der Waals surface area (Å²) in [5, 5.41) is 15.7. The highest BCUT2D eigenvalue weighted by Gasteiger charge is 2.35. The van der Waals surface area contributed by atoms with E-state index in [1.165, 1.54) is 16.0 Å². The number of amides is 2. The first-order valence-electron chi connectivity index (χ1n) is 13.2. The van der Waals surface area contributed by atoms with Crippen molar-refractivity contribution in [2.24, 2.45) is 0 Å². The molecule has 2 heterocycles. The highest BCUT2D eigenvalue weighted by molar-refractivity contribution is 5.88. The van der Waals surface area contributed by atoms with Crippen molar-refractivity contribution in [3.8, 4) is 22.9 Å². The minimum atomic E-state index is -0.927. The molecule has 2 amide bonds. The van der Waals surface area contributed by atoms with Crippen LogP contribution in [0, 0.1) is 0 Å². The fourth-order valence-electron chi connectivity index (χ4n) is 4.71. The van der Waals surface area contributed by atoms with E-state index in [1.807, 2.05) is 6.92 Å². The van der Waals surface area contributed by atoms with Crippen LogP contribution in [-0.4, -0.2) is 76.9 Å². The number of hydrogen-bond acceptors (Lipinski definition) is 9. The average Bonchev–Trinajstić information content (AvgIpc) is 3.74. The molecular weight excluding hydrogens is 504 g/mol. The maximum Gasteiger partial charge on any atom is 0.250 e. The second-order valence-electron chi connectivity index (χ2n) is 9.26. The standard InChI is InChI=1S/C27H36N6O6/c1-4-38-15-8-14-32(25(22-11-7-16-39-22)27(35)28-20-9-5-6-10-20)24(34)18-33-30-26(29-31-33)19-12-13-21(36-2)23(17-19)37-3/h7,11-13,16-17,20,25H,4-6,8-10,14-15,18H2,1-3H3,(H,28,35). The van der Waals surface area contributed by atoms with E-state index in [4.69, 9.17) is 18.6 Å². The van der Waals surface area contributed by atoms with E-state index in [2.05, 4.69) is 20.7 Å². The number of carbonyl (C=O) groups excluding carboxylic acids is 2. The summed E-state index contributed by atoms with van der Waals surface area (Å²) >= 11 is 0. The summed E-state index contributed by atoms with van der Waals surface area (Å²) in [6.45, 7) is 3.03. The van der Waals surface area contributed by atoms with E-state index in [-0.39, 0.29) is 24.4 Å². The van der Waals surface area contributed by atoms with Crippen LogP contribution in [0.25, 0.3) is 11.4 Å². The fraction of sp³-hybridized carbons (Fsp3) is 0.519. The van der Waals surface area contributed by atoms with Gasteiger partial charge in [0.1, 0.15) is 12.3 Å². The Bertz CT molecular complexity index is 1210. The highest BCUT2D eigenvalue weighted by atomic mass is 16.5. The fourth-order valence-corrected chi connectivity index (χ4v) is 4.71. The van der Waals surface area contributed by atoms with Crippen molar-refractivity contribution in [1.82, 2.24) is 30.4 Å². The second-order valence-corrected chi connectivity index (χ2v) is 9.26. The zero-order valence-electron chi connectivity index (χ0n) is 22.7. The van der Waals surface area contributed by atoms with Crippen LogP contribution in [0.5, 0.6) is 11.5 Å². The number of hydrogen-bond donors (Lipinski definition) is 1. The molecule has 1 aliphatic carbocycles. The molecule has 210 valence electrons. The van der Waals surface area contributed by atoms with E-state index in [9.17, 15) is 9.59 Å². The van der Waals surface area contributed by atoms with Crippen molar-refractivity contribution in [2.45, 2.75) is 57.7 Å². The van der Waals surface area contributed by atoms with Gasteiger partial charge in [-0.3, -0.25) is 9.59 Å². The van der Waals surface area contributed by atoms with E-state index in [1.54, 1.807) is 44.6 Å². The molecule has 1 aromatic carbocycles. The SMILES string of the molecule is CCOCCCN(C(=O)Cn1nnc(-c2ccc(OC)c(OC)c2)n1)C(C(=O)NC1CCCC1)c1ccco1. The minimum absolute atomic E-state index is 0.0939. The van der Waals surface area contributed by atoms with Crippen LogP contribution in [0.1, 0.15) is 50.8 Å². The largest absolute Gasteiger partial charge is 0.493 e. The maximum atomic E-state index is 13.7. The van der Waals surface area contributed by atoms with Crippen molar-refractivity contribution in [2.75, 3.05) is 34.0 Å². The minimum Gasteiger partial charge on any atom is -0.493 e. The van der Waals surface area contributed by atoms with Crippen molar-refractivity contribution >= 4 is 11.8 Å². The Hall–Kier alpha value is -3.93. The Morgan fingerprint density at radius 2 is 1.97 bits per heavy atom. The lowest BCUT2D eigenvalue weighted by Gasteiger charge is -2.30. The number of nitrogens with zero attached hydrogens (tertiary/aromatic N) is 5. The van der Waals surface area contributed by atoms with Gasteiger partial charge in [0, 0.05) is 31.4 Å². The number of rotatable bonds is 14. The molecule has 12 nitrogen and oxygen atoms in total. The third-order valence-electron chi connectivity index (χ3n) is 6.66. The Morgan fingerprint density at radius 1 is 1.18 bits per heavy atom. The van der Waals surface area contributed by atoms with Gasteiger partial charge in [0.15, 0.2) is 17.5 Å². The van der Waals surface area contributed by atoms with Gasteiger partial charge in [-0.15, -0.1) is 10.2 Å². The van der Waals surface area contributed by atoms with E-state index < -0.39 is 6.04 Å². The predicted molar refractivity (Wildman–Crippen MR) is 141 cm³/mol. The molecule has 39 heavy (non-hydrogen) atoms. The lowest BCUT2D eigenvalue weighted by molar-refractivity contribution is -0.143. The molecule has 1 atom stereocenters. The molecule has 1 saturated carbocycles. The summed E-state index contributed by atoms with van der Waals surface area (Å²) in [5.74, 6) is 1.22. The van der Waals surface area contributed by atoms with Crippen LogP contribution in [0.3, 0.4) is 0 Å². The van der Waals surface area contributed by atoms with Crippen LogP contribution in [0.2, 0.25) is 0 Å². The van der Waals surface area contributed by atoms with E-state index >= 15 is 0 Å². The van der Waals surface area contributed by atoms with Crippen molar-refractivity contribution in [3.63, 3.8) is 0 Å². The van der Waals surface area contributed by atoms with E-state index in [0.717, 1.165) is 25.7 Å². The zero-order valence-corrected chi connectivity index (χ0v) is 22.7. The molecule has 12 heteroatoms. The number of furan rings is 1. The Kier molecular flexibility index (Phi) is 9.90. The molecule has 2 aromatic heterocycles. The highest BCUT2D eigenvalue weighted by Crippen LogP contribution is 2.31. The maximum absolute atomic E-state index is 13.7. The number of methoxy groups -OCH3 is 2. The molecule has 1 N–H and O–H groups in total. The third-order valence-corrected chi connectivity index (χ3v) is 6.66. The zero-order chi connectivity index (χ0) is 27.6. The Morgan fingerprint density at radius 3 is 2.67 bits per heavy atom. The molecule has 1 unspecified atom stereocenters. The summed E-state index contributed by atoms with van der Waals surface area (Å²) in [6, 6.07) is 7.86. The first kappa shape index (κ1) is 28.1. The van der Waals surface area contributed by atoms with Gasteiger partial charge in [-0.25, -0.2) is 0 Å². The van der Waals surface area contributed by atoms with Crippen molar-refractivity contribution < 1.29 is 28.2 Å². The number of benzene rings is 1. The number of tetrazole rings is 1. The van der Waals surface area contributed by atoms with Gasteiger partial charge in [-0.05, 0) is 61.7 Å². The number of aromatic nitrogens is 4. The number of carbonyl (C=O) groups is 2. The molecule has 0 radical (unpaired) electrons. The quantitative estimate of drug-likeness (QED) is 0.306. The van der Waals surface area contributed by atoms with Gasteiger partial charge < -0.3 is 28.8 Å². The molecule has 0 aliphatic heterocycles. The molecule has 0 spiro atoms. The second kappa shape index (κ2) is 13.7. The Labute approximate surface area is 227 Å². The van der Waals surface area contributed by atoms with Gasteiger partial charge in [-0.1, -0.05) is 12.8 Å². The van der Waals surface area contributed by atoms with Gasteiger partial charge in [0.05, 0.1) is 20.5 Å². The van der Waals surface area contributed by atoms with Crippen LogP contribution >= 0.6 is 0 Å². The molecule has 0 saturated heterocycles. The van der Waals surface area contributed by atoms with Crippen LogP contribution in [-0.2, 0) is 20.9 Å². The molecule has 0 bridgehead atoms. The van der Waals surface area contributed by atoms with Gasteiger partial charge in [0.2, 0.25) is 11.7 Å². The van der Waals surface area contributed by atoms with Crippen LogP contribution < -0.4 is 14.8 Å². The summed E-state index contributed by atoms with van der Waals surface area (Å²) in [7, 11) is 3.10. The van der Waals surface area contributed by atoms with Gasteiger partial charge in [-0.2, -0.15) is 4.80 Å². The van der Waals surface area contributed by atoms with Crippen molar-refractivity contribution in [1.29, 1.82) is 0 Å².